The molecule has 1 saturated carbocycles. The van der Waals surface area contributed by atoms with Gasteiger partial charge in [0, 0.05) is 24.7 Å². The monoisotopic (exact) mass is 302 g/mol. The van der Waals surface area contributed by atoms with Crippen molar-refractivity contribution in [1.29, 1.82) is 0 Å². The normalized spacial score (nSPS) is 27.0. The number of carbonyl (C=O) groups is 1. The third-order valence-corrected chi connectivity index (χ3v) is 4.98. The number of rotatable bonds is 3. The quantitative estimate of drug-likeness (QED) is 0.911. The average Bonchev–Trinajstić information content (AvgIpc) is 3.30. The van der Waals surface area contributed by atoms with Crippen molar-refractivity contribution in [2.45, 2.75) is 25.3 Å². The lowest BCUT2D eigenvalue weighted by atomic mass is 9.99. The molecule has 118 valence electrons. The predicted molar refractivity (Wildman–Crippen MR) is 81.9 cm³/mol. The highest BCUT2D eigenvalue weighted by molar-refractivity contribution is 5.80. The number of carbonyl (C=O) groups excluding carboxylic acids is 1. The Labute approximate surface area is 130 Å². The zero-order chi connectivity index (χ0) is 15.1. The first kappa shape index (κ1) is 13.9. The lowest BCUT2D eigenvalue weighted by molar-refractivity contribution is -0.129. The van der Waals surface area contributed by atoms with E-state index in [-0.39, 0.29) is 11.9 Å². The fourth-order valence-electron chi connectivity index (χ4n) is 3.63. The predicted octanol–water partition coefficient (Wildman–Crippen LogP) is 1.20. The second-order valence-corrected chi connectivity index (χ2v) is 6.58. The molecule has 1 aromatic rings. The first-order chi connectivity index (χ1) is 10.7. The van der Waals surface area contributed by atoms with Gasteiger partial charge in [-0.1, -0.05) is 12.1 Å². The molecule has 2 aliphatic heterocycles. The summed E-state index contributed by atoms with van der Waals surface area (Å²) in [5, 5.41) is 0. The van der Waals surface area contributed by atoms with Gasteiger partial charge in [-0.2, -0.15) is 0 Å². The van der Waals surface area contributed by atoms with Gasteiger partial charge in [-0.25, -0.2) is 0 Å². The van der Waals surface area contributed by atoms with Gasteiger partial charge < -0.3 is 20.1 Å². The smallest absolute Gasteiger partial charge is 0.227 e. The van der Waals surface area contributed by atoms with Crippen LogP contribution in [0.2, 0.25) is 0 Å². The van der Waals surface area contributed by atoms with Gasteiger partial charge in [0.25, 0.3) is 0 Å². The molecule has 3 aliphatic rings. The van der Waals surface area contributed by atoms with E-state index in [1.807, 2.05) is 23.1 Å². The minimum Gasteiger partial charge on any atom is -0.486 e. The number of hydrogen-bond donors (Lipinski definition) is 1. The van der Waals surface area contributed by atoms with Crippen LogP contribution in [0.5, 0.6) is 11.5 Å². The summed E-state index contributed by atoms with van der Waals surface area (Å²) in [5.41, 5.74) is 7.12. The van der Waals surface area contributed by atoms with E-state index in [0.717, 1.165) is 29.5 Å². The largest absolute Gasteiger partial charge is 0.486 e. The van der Waals surface area contributed by atoms with E-state index < -0.39 is 0 Å². The van der Waals surface area contributed by atoms with E-state index in [0.29, 0.717) is 32.1 Å². The maximum Gasteiger partial charge on any atom is 0.227 e. The van der Waals surface area contributed by atoms with Gasteiger partial charge in [-0.3, -0.25) is 4.79 Å². The number of hydrogen-bond acceptors (Lipinski definition) is 4. The van der Waals surface area contributed by atoms with E-state index in [1.54, 1.807) is 0 Å². The molecule has 2 atom stereocenters. The van der Waals surface area contributed by atoms with Crippen molar-refractivity contribution in [2.75, 3.05) is 26.3 Å². The van der Waals surface area contributed by atoms with Crippen molar-refractivity contribution in [3.05, 3.63) is 23.8 Å². The minimum absolute atomic E-state index is 0.140. The van der Waals surface area contributed by atoms with Crippen molar-refractivity contribution in [1.82, 2.24) is 4.90 Å². The van der Waals surface area contributed by atoms with Gasteiger partial charge in [0.05, 0.1) is 6.42 Å². The Morgan fingerprint density at radius 2 is 2.05 bits per heavy atom. The van der Waals surface area contributed by atoms with Crippen LogP contribution in [-0.4, -0.2) is 43.2 Å². The van der Waals surface area contributed by atoms with E-state index in [2.05, 4.69) is 0 Å². The molecular weight excluding hydrogens is 280 g/mol. The Morgan fingerprint density at radius 1 is 1.23 bits per heavy atom. The highest BCUT2D eigenvalue weighted by Crippen LogP contribution is 2.41. The number of amides is 1. The van der Waals surface area contributed by atoms with Crippen molar-refractivity contribution in [3.8, 4) is 11.5 Å². The Kier molecular flexibility index (Phi) is 3.45. The van der Waals surface area contributed by atoms with Gasteiger partial charge in [-0.05, 0) is 30.7 Å². The van der Waals surface area contributed by atoms with Gasteiger partial charge in [-0.15, -0.1) is 0 Å². The molecule has 2 fully saturated rings. The summed E-state index contributed by atoms with van der Waals surface area (Å²) in [6, 6.07) is 5.89. The number of benzene rings is 1. The topological polar surface area (TPSA) is 64.8 Å². The third-order valence-electron chi connectivity index (χ3n) is 4.98. The first-order valence-electron chi connectivity index (χ1n) is 8.13. The summed E-state index contributed by atoms with van der Waals surface area (Å²) in [6.07, 6.45) is 2.91. The average molecular weight is 302 g/mol. The molecule has 5 heteroatoms. The number of likely N-dealkylation sites (tertiary alicyclic amines) is 1. The van der Waals surface area contributed by atoms with E-state index >= 15 is 0 Å². The summed E-state index contributed by atoms with van der Waals surface area (Å²) >= 11 is 0. The Hall–Kier alpha value is -1.75. The molecule has 1 amide bonds. The number of nitrogens with two attached hydrogens (primary N) is 1. The summed E-state index contributed by atoms with van der Waals surface area (Å²) in [5.74, 6) is 2.85. The van der Waals surface area contributed by atoms with Gasteiger partial charge in [0.2, 0.25) is 5.91 Å². The molecule has 0 spiro atoms. The van der Waals surface area contributed by atoms with Gasteiger partial charge >= 0.3 is 0 Å². The Bertz CT molecular complexity index is 585. The summed E-state index contributed by atoms with van der Waals surface area (Å²) in [7, 11) is 0. The van der Waals surface area contributed by atoms with E-state index in [9.17, 15) is 4.79 Å². The molecule has 2 N–H and O–H groups in total. The molecule has 5 nitrogen and oxygen atoms in total. The molecule has 2 heterocycles. The zero-order valence-corrected chi connectivity index (χ0v) is 12.7. The summed E-state index contributed by atoms with van der Waals surface area (Å²) in [4.78, 5) is 14.5. The van der Waals surface area contributed by atoms with E-state index in [4.69, 9.17) is 15.2 Å². The molecule has 0 aromatic heterocycles. The molecule has 0 radical (unpaired) electrons. The molecular formula is C17H22N2O3. The number of nitrogens with zero attached hydrogens (tertiary/aromatic N) is 1. The second kappa shape index (κ2) is 5.47. The number of fused-ring (bicyclic) bond motifs is 1. The van der Waals surface area contributed by atoms with E-state index in [1.165, 1.54) is 12.8 Å². The fourth-order valence-corrected chi connectivity index (χ4v) is 3.63. The molecule has 0 unspecified atom stereocenters. The molecule has 0 bridgehead atoms. The van der Waals surface area contributed by atoms with Crippen LogP contribution >= 0.6 is 0 Å². The van der Waals surface area contributed by atoms with Crippen LogP contribution in [0.4, 0.5) is 0 Å². The highest BCUT2D eigenvalue weighted by atomic mass is 16.6. The van der Waals surface area contributed by atoms with Gasteiger partial charge in [0.1, 0.15) is 13.2 Å². The molecule has 1 saturated heterocycles. The number of para-hydroxylation sites is 1. The maximum atomic E-state index is 12.6. The van der Waals surface area contributed by atoms with Crippen LogP contribution in [0.25, 0.3) is 0 Å². The number of ether oxygens (including phenoxy) is 2. The van der Waals surface area contributed by atoms with Crippen molar-refractivity contribution in [2.24, 2.45) is 17.6 Å². The highest BCUT2D eigenvalue weighted by Gasteiger charge is 2.42. The minimum atomic E-state index is 0.140. The SMILES string of the molecule is N[C@@H]1CN(C(=O)Cc2cccc3c2OCCO3)C[C@H]1C1CC1. The molecule has 1 aliphatic carbocycles. The third kappa shape index (κ3) is 2.54. The molecule has 1 aromatic carbocycles. The van der Waals surface area contributed by atoms with Crippen LogP contribution in [-0.2, 0) is 11.2 Å². The standard InChI is InChI=1S/C17H22N2O3/c18-14-10-19(9-13(14)11-4-5-11)16(20)8-12-2-1-3-15-17(12)22-7-6-21-15/h1-3,11,13-14H,4-10,18H2/t13-,14+/m0/s1. The Balaban J connectivity index is 1.46. The van der Waals surface area contributed by atoms with Crippen LogP contribution in [0.3, 0.4) is 0 Å². The summed E-state index contributed by atoms with van der Waals surface area (Å²) in [6.45, 7) is 2.61. The molecule has 4 rings (SSSR count). The lowest BCUT2D eigenvalue weighted by Crippen LogP contribution is -2.33. The van der Waals surface area contributed by atoms with Crippen LogP contribution in [0.15, 0.2) is 18.2 Å². The van der Waals surface area contributed by atoms with Crippen molar-refractivity contribution < 1.29 is 14.3 Å². The fraction of sp³-hybridized carbons (Fsp3) is 0.588. The summed E-state index contributed by atoms with van der Waals surface area (Å²) < 4.78 is 11.3. The van der Waals surface area contributed by atoms with Gasteiger partial charge in [0.15, 0.2) is 11.5 Å². The van der Waals surface area contributed by atoms with Crippen LogP contribution in [0.1, 0.15) is 18.4 Å². The zero-order valence-electron chi connectivity index (χ0n) is 12.7. The molecule has 22 heavy (non-hydrogen) atoms. The van der Waals surface area contributed by atoms with Crippen LogP contribution in [0, 0.1) is 11.8 Å². The van der Waals surface area contributed by atoms with Crippen LogP contribution < -0.4 is 15.2 Å². The van der Waals surface area contributed by atoms with Crippen molar-refractivity contribution >= 4 is 5.91 Å². The first-order valence-corrected chi connectivity index (χ1v) is 8.13. The maximum absolute atomic E-state index is 12.6. The van der Waals surface area contributed by atoms with Crippen molar-refractivity contribution in [3.63, 3.8) is 0 Å². The lowest BCUT2D eigenvalue weighted by Gasteiger charge is -2.22. The Morgan fingerprint density at radius 3 is 2.86 bits per heavy atom. The second-order valence-electron chi connectivity index (χ2n) is 6.58.